The maximum absolute atomic E-state index is 12.1. The molecule has 0 spiro atoms. The zero-order valence-electron chi connectivity index (χ0n) is 9.61. The van der Waals surface area contributed by atoms with Crippen molar-refractivity contribution in [3.8, 4) is 0 Å². The summed E-state index contributed by atoms with van der Waals surface area (Å²) in [6.07, 6.45) is 5.23. The largest absolute Gasteiger partial charge is 0.472 e. The van der Waals surface area contributed by atoms with Crippen molar-refractivity contribution in [3.05, 3.63) is 24.2 Å². The molecule has 0 bridgehead atoms. The molecule has 0 aliphatic carbocycles. The minimum Gasteiger partial charge on any atom is -0.472 e. The van der Waals surface area contributed by atoms with Gasteiger partial charge in [0.05, 0.1) is 12.5 Å². The van der Waals surface area contributed by atoms with Crippen LogP contribution in [0.1, 0.15) is 18.4 Å². The molecule has 2 rings (SSSR count). The Kier molecular flexibility index (Phi) is 3.62. The molecule has 1 saturated heterocycles. The van der Waals surface area contributed by atoms with Crippen LogP contribution < -0.4 is 5.32 Å². The van der Waals surface area contributed by atoms with Gasteiger partial charge in [-0.25, -0.2) is 0 Å². The van der Waals surface area contributed by atoms with Crippen LogP contribution in [-0.2, 0) is 11.3 Å². The van der Waals surface area contributed by atoms with Gasteiger partial charge in [-0.05, 0) is 32.0 Å². The number of nitrogens with one attached hydrogen (secondary N) is 1. The number of hydrogen-bond donors (Lipinski definition) is 1. The van der Waals surface area contributed by atoms with Gasteiger partial charge in [0.25, 0.3) is 0 Å². The highest BCUT2D eigenvalue weighted by Crippen LogP contribution is 2.15. The molecule has 0 saturated carbocycles. The molecule has 4 heteroatoms. The summed E-state index contributed by atoms with van der Waals surface area (Å²) in [6, 6.07) is 1.90. The first-order valence-corrected chi connectivity index (χ1v) is 5.74. The first kappa shape index (κ1) is 11.2. The van der Waals surface area contributed by atoms with Crippen molar-refractivity contribution in [2.24, 2.45) is 5.92 Å². The maximum atomic E-state index is 12.1. The second kappa shape index (κ2) is 5.16. The molecule has 1 amide bonds. The third-order valence-corrected chi connectivity index (χ3v) is 3.06. The van der Waals surface area contributed by atoms with Gasteiger partial charge in [-0.2, -0.15) is 0 Å². The zero-order chi connectivity index (χ0) is 11.4. The third-order valence-electron chi connectivity index (χ3n) is 3.06. The number of rotatable bonds is 3. The summed E-state index contributed by atoms with van der Waals surface area (Å²) in [5.74, 6) is 0.445. The van der Waals surface area contributed by atoms with Gasteiger partial charge in [0.1, 0.15) is 0 Å². The van der Waals surface area contributed by atoms with E-state index in [-0.39, 0.29) is 11.8 Å². The van der Waals surface area contributed by atoms with Crippen molar-refractivity contribution in [2.75, 3.05) is 20.1 Å². The number of carbonyl (C=O) groups excluding carboxylic acids is 1. The summed E-state index contributed by atoms with van der Waals surface area (Å²) < 4.78 is 4.99. The summed E-state index contributed by atoms with van der Waals surface area (Å²) >= 11 is 0. The van der Waals surface area contributed by atoms with Crippen molar-refractivity contribution < 1.29 is 9.21 Å². The van der Waals surface area contributed by atoms with Crippen LogP contribution in [0.15, 0.2) is 23.0 Å². The van der Waals surface area contributed by atoms with Crippen LogP contribution in [0, 0.1) is 5.92 Å². The van der Waals surface area contributed by atoms with Crippen molar-refractivity contribution in [1.82, 2.24) is 10.2 Å². The molecule has 1 aliphatic rings. The lowest BCUT2D eigenvalue weighted by atomic mass is 9.96. The summed E-state index contributed by atoms with van der Waals surface area (Å²) in [5.41, 5.74) is 1.05. The quantitative estimate of drug-likeness (QED) is 0.837. The molecule has 0 radical (unpaired) electrons. The molecule has 1 fully saturated rings. The molecule has 1 N–H and O–H groups in total. The van der Waals surface area contributed by atoms with Crippen LogP contribution in [0.5, 0.6) is 0 Å². The average Bonchev–Trinajstić information content (AvgIpc) is 2.82. The lowest BCUT2D eigenvalue weighted by Crippen LogP contribution is -2.38. The van der Waals surface area contributed by atoms with E-state index in [1.165, 1.54) is 0 Å². The van der Waals surface area contributed by atoms with Crippen LogP contribution in [0.3, 0.4) is 0 Å². The Bertz CT molecular complexity index is 329. The zero-order valence-corrected chi connectivity index (χ0v) is 9.61. The fourth-order valence-corrected chi connectivity index (χ4v) is 2.11. The van der Waals surface area contributed by atoms with Crippen molar-refractivity contribution in [1.29, 1.82) is 0 Å². The molecule has 1 aromatic rings. The van der Waals surface area contributed by atoms with Crippen molar-refractivity contribution in [2.45, 2.75) is 19.4 Å². The van der Waals surface area contributed by atoms with E-state index >= 15 is 0 Å². The molecule has 2 heterocycles. The highest BCUT2D eigenvalue weighted by Gasteiger charge is 2.23. The van der Waals surface area contributed by atoms with E-state index < -0.39 is 0 Å². The normalized spacial score (nSPS) is 17.3. The average molecular weight is 222 g/mol. The van der Waals surface area contributed by atoms with Crippen molar-refractivity contribution >= 4 is 5.91 Å². The number of piperidine rings is 1. The molecule has 0 aromatic carbocycles. The summed E-state index contributed by atoms with van der Waals surface area (Å²) in [4.78, 5) is 13.9. The van der Waals surface area contributed by atoms with E-state index in [9.17, 15) is 4.79 Å². The monoisotopic (exact) mass is 222 g/mol. The second-order valence-corrected chi connectivity index (χ2v) is 4.35. The lowest BCUT2D eigenvalue weighted by Gasteiger charge is -2.26. The second-order valence-electron chi connectivity index (χ2n) is 4.35. The predicted octanol–water partition coefficient (Wildman–Crippen LogP) is 1.24. The molecule has 88 valence electrons. The van der Waals surface area contributed by atoms with Gasteiger partial charge < -0.3 is 14.6 Å². The maximum Gasteiger partial charge on any atom is 0.225 e. The topological polar surface area (TPSA) is 45.5 Å². The van der Waals surface area contributed by atoms with Crippen LogP contribution >= 0.6 is 0 Å². The van der Waals surface area contributed by atoms with E-state index in [1.807, 2.05) is 13.1 Å². The lowest BCUT2D eigenvalue weighted by molar-refractivity contribution is -0.135. The fourth-order valence-electron chi connectivity index (χ4n) is 2.11. The first-order chi connectivity index (χ1) is 7.77. The van der Waals surface area contributed by atoms with Gasteiger partial charge in [-0.15, -0.1) is 0 Å². The number of furan rings is 1. The van der Waals surface area contributed by atoms with Crippen molar-refractivity contribution in [3.63, 3.8) is 0 Å². The van der Waals surface area contributed by atoms with Gasteiger partial charge in [-0.1, -0.05) is 0 Å². The molecule has 4 nitrogen and oxygen atoms in total. The van der Waals surface area contributed by atoms with Gasteiger partial charge >= 0.3 is 0 Å². The first-order valence-electron chi connectivity index (χ1n) is 5.74. The summed E-state index contributed by atoms with van der Waals surface area (Å²) in [5, 5.41) is 3.27. The number of carbonyl (C=O) groups is 1. The molecule has 1 aliphatic heterocycles. The SMILES string of the molecule is CN(Cc1ccoc1)C(=O)C1CCNCC1. The molecule has 1 aromatic heterocycles. The van der Waals surface area contributed by atoms with Gasteiger partial charge in [0.2, 0.25) is 5.91 Å². The van der Waals surface area contributed by atoms with E-state index in [1.54, 1.807) is 17.4 Å². The molecule has 0 unspecified atom stereocenters. The minimum absolute atomic E-state index is 0.193. The Labute approximate surface area is 95.6 Å². The van der Waals surface area contributed by atoms with Gasteiger partial charge in [0.15, 0.2) is 0 Å². The summed E-state index contributed by atoms with van der Waals surface area (Å²) in [7, 11) is 1.86. The van der Waals surface area contributed by atoms with Crippen LogP contribution in [-0.4, -0.2) is 30.9 Å². The smallest absolute Gasteiger partial charge is 0.225 e. The molecular weight excluding hydrogens is 204 g/mol. The Balaban J connectivity index is 1.88. The van der Waals surface area contributed by atoms with E-state index in [2.05, 4.69) is 5.32 Å². The summed E-state index contributed by atoms with van der Waals surface area (Å²) in [6.45, 7) is 2.55. The highest BCUT2D eigenvalue weighted by atomic mass is 16.3. The number of amides is 1. The van der Waals surface area contributed by atoms with Crippen LogP contribution in [0.2, 0.25) is 0 Å². The minimum atomic E-state index is 0.193. The van der Waals surface area contributed by atoms with E-state index in [4.69, 9.17) is 4.42 Å². The molecular formula is C12H18N2O2. The van der Waals surface area contributed by atoms with E-state index in [0.29, 0.717) is 6.54 Å². The Hall–Kier alpha value is -1.29. The van der Waals surface area contributed by atoms with Gasteiger partial charge in [0, 0.05) is 25.1 Å². The molecule has 0 atom stereocenters. The Morgan fingerprint density at radius 2 is 2.31 bits per heavy atom. The number of nitrogens with zero attached hydrogens (tertiary/aromatic N) is 1. The van der Waals surface area contributed by atoms with E-state index in [0.717, 1.165) is 31.5 Å². The number of hydrogen-bond acceptors (Lipinski definition) is 3. The standard InChI is InChI=1S/C12H18N2O2/c1-14(8-10-4-7-16-9-10)12(15)11-2-5-13-6-3-11/h4,7,9,11,13H,2-3,5-6,8H2,1H3. The third kappa shape index (κ3) is 2.64. The van der Waals surface area contributed by atoms with Gasteiger partial charge in [-0.3, -0.25) is 4.79 Å². The van der Waals surface area contributed by atoms with Crippen LogP contribution in [0.25, 0.3) is 0 Å². The Morgan fingerprint density at radius 3 is 2.94 bits per heavy atom. The van der Waals surface area contributed by atoms with Crippen LogP contribution in [0.4, 0.5) is 0 Å². The molecule has 16 heavy (non-hydrogen) atoms. The highest BCUT2D eigenvalue weighted by molar-refractivity contribution is 5.78. The Morgan fingerprint density at radius 1 is 1.56 bits per heavy atom. The predicted molar refractivity (Wildman–Crippen MR) is 60.8 cm³/mol. The fraction of sp³-hybridized carbons (Fsp3) is 0.583.